The molecule has 1 aromatic heterocycles. The van der Waals surface area contributed by atoms with Crippen LogP contribution < -0.4 is 4.90 Å². The number of hydrogen-bond acceptors (Lipinski definition) is 5. The molecule has 110 valence electrons. The molecule has 3 rings (SSSR count). The van der Waals surface area contributed by atoms with Crippen LogP contribution in [0.1, 0.15) is 23.7 Å². The first-order chi connectivity index (χ1) is 10.00. The lowest BCUT2D eigenvalue weighted by molar-refractivity contribution is 0.0602. The molecule has 2 heterocycles. The zero-order valence-corrected chi connectivity index (χ0v) is 12.2. The molecule has 2 aromatic rings. The van der Waals surface area contributed by atoms with Crippen LogP contribution in [0.3, 0.4) is 0 Å². The number of fused-ring (bicyclic) bond motifs is 1. The van der Waals surface area contributed by atoms with Crippen LogP contribution in [0.15, 0.2) is 30.5 Å². The molecular weight excluding hydrogens is 268 g/mol. The first-order valence-electron chi connectivity index (χ1n) is 6.95. The predicted molar refractivity (Wildman–Crippen MR) is 80.5 cm³/mol. The van der Waals surface area contributed by atoms with Crippen molar-refractivity contribution in [1.29, 1.82) is 0 Å². The topological polar surface area (TPSA) is 62.7 Å². The van der Waals surface area contributed by atoms with Gasteiger partial charge in [-0.2, -0.15) is 0 Å². The molecule has 5 heteroatoms. The third kappa shape index (κ3) is 2.56. The molecule has 1 fully saturated rings. The Morgan fingerprint density at radius 1 is 1.43 bits per heavy atom. The summed E-state index contributed by atoms with van der Waals surface area (Å²) in [7, 11) is 1.37. The SMILES string of the molecule is COC(=O)c1ccnc2ccc(N3CCC(C)(O)C3)cc12. The molecule has 1 unspecified atom stereocenters. The second kappa shape index (κ2) is 5.00. The van der Waals surface area contributed by atoms with E-state index in [-0.39, 0.29) is 5.97 Å². The number of anilines is 1. The van der Waals surface area contributed by atoms with Crippen molar-refractivity contribution < 1.29 is 14.6 Å². The molecule has 1 atom stereocenters. The Morgan fingerprint density at radius 2 is 2.24 bits per heavy atom. The van der Waals surface area contributed by atoms with Gasteiger partial charge >= 0.3 is 5.97 Å². The van der Waals surface area contributed by atoms with Crippen LogP contribution in [-0.2, 0) is 4.74 Å². The first-order valence-corrected chi connectivity index (χ1v) is 6.95. The van der Waals surface area contributed by atoms with Gasteiger partial charge in [-0.15, -0.1) is 0 Å². The lowest BCUT2D eigenvalue weighted by atomic mass is 10.1. The number of carbonyl (C=O) groups excluding carboxylic acids is 1. The van der Waals surface area contributed by atoms with Gasteiger partial charge in [-0.3, -0.25) is 4.98 Å². The second-order valence-corrected chi connectivity index (χ2v) is 5.72. The minimum absolute atomic E-state index is 0.368. The number of methoxy groups -OCH3 is 1. The molecule has 0 amide bonds. The summed E-state index contributed by atoms with van der Waals surface area (Å²) in [5.41, 5.74) is 1.59. The Labute approximate surface area is 123 Å². The van der Waals surface area contributed by atoms with Gasteiger partial charge in [0.15, 0.2) is 0 Å². The summed E-state index contributed by atoms with van der Waals surface area (Å²) in [5.74, 6) is -0.368. The summed E-state index contributed by atoms with van der Waals surface area (Å²) in [6.07, 6.45) is 2.34. The number of benzene rings is 1. The average molecular weight is 286 g/mol. The van der Waals surface area contributed by atoms with Crippen LogP contribution in [0.25, 0.3) is 10.9 Å². The Morgan fingerprint density at radius 3 is 2.90 bits per heavy atom. The molecule has 0 radical (unpaired) electrons. The van der Waals surface area contributed by atoms with E-state index < -0.39 is 5.60 Å². The van der Waals surface area contributed by atoms with Crippen LogP contribution in [0.4, 0.5) is 5.69 Å². The Hall–Kier alpha value is -2.14. The molecule has 1 saturated heterocycles. The largest absolute Gasteiger partial charge is 0.465 e. The normalized spacial score (nSPS) is 21.8. The van der Waals surface area contributed by atoms with E-state index in [1.807, 2.05) is 25.1 Å². The first kappa shape index (κ1) is 13.8. The average Bonchev–Trinajstić information content (AvgIpc) is 2.85. The third-order valence-corrected chi connectivity index (χ3v) is 3.95. The van der Waals surface area contributed by atoms with Gasteiger partial charge in [-0.05, 0) is 37.6 Å². The molecule has 1 aromatic carbocycles. The molecule has 0 bridgehead atoms. The van der Waals surface area contributed by atoms with E-state index in [0.717, 1.165) is 29.6 Å². The van der Waals surface area contributed by atoms with Gasteiger partial charge in [0.2, 0.25) is 0 Å². The lowest BCUT2D eigenvalue weighted by Gasteiger charge is -2.21. The van der Waals surface area contributed by atoms with Crippen LogP contribution in [-0.4, -0.2) is 41.9 Å². The summed E-state index contributed by atoms with van der Waals surface area (Å²) in [5, 5.41) is 10.9. The highest BCUT2D eigenvalue weighted by atomic mass is 16.5. The molecular formula is C16H18N2O3. The standard InChI is InChI=1S/C16H18N2O3/c1-16(20)6-8-18(10-16)11-3-4-14-13(9-11)12(5-7-17-14)15(19)21-2/h3-5,7,9,20H,6,8,10H2,1-2H3. The fourth-order valence-corrected chi connectivity index (χ4v) is 2.78. The smallest absolute Gasteiger partial charge is 0.338 e. The van der Waals surface area contributed by atoms with Crippen molar-refractivity contribution in [2.75, 3.05) is 25.1 Å². The predicted octanol–water partition coefficient (Wildman–Crippen LogP) is 1.98. The number of aromatic nitrogens is 1. The minimum atomic E-state index is -0.658. The van der Waals surface area contributed by atoms with E-state index in [1.165, 1.54) is 7.11 Å². The summed E-state index contributed by atoms with van der Waals surface area (Å²) < 4.78 is 4.82. The molecule has 1 aliphatic heterocycles. The highest BCUT2D eigenvalue weighted by Crippen LogP contribution is 2.29. The maximum atomic E-state index is 11.9. The van der Waals surface area contributed by atoms with E-state index in [0.29, 0.717) is 12.1 Å². The van der Waals surface area contributed by atoms with Gasteiger partial charge in [-0.25, -0.2) is 4.79 Å². The van der Waals surface area contributed by atoms with Gasteiger partial charge in [0.05, 0.1) is 23.8 Å². The number of β-amino-alcohol motifs (C(OH)–C–C–N with tert-alkyl or cyclic N) is 1. The molecule has 0 aliphatic carbocycles. The number of ether oxygens (including phenoxy) is 1. The van der Waals surface area contributed by atoms with E-state index in [2.05, 4.69) is 9.88 Å². The Balaban J connectivity index is 2.05. The molecule has 21 heavy (non-hydrogen) atoms. The Kier molecular flexibility index (Phi) is 3.29. The maximum absolute atomic E-state index is 11.9. The van der Waals surface area contributed by atoms with Gasteiger partial charge < -0.3 is 14.7 Å². The Bertz CT molecular complexity index is 697. The summed E-state index contributed by atoms with van der Waals surface area (Å²) >= 11 is 0. The number of carbonyl (C=O) groups is 1. The maximum Gasteiger partial charge on any atom is 0.338 e. The third-order valence-electron chi connectivity index (χ3n) is 3.95. The fraction of sp³-hybridized carbons (Fsp3) is 0.375. The van der Waals surface area contributed by atoms with Crippen molar-refractivity contribution in [3.05, 3.63) is 36.0 Å². The molecule has 0 saturated carbocycles. The second-order valence-electron chi connectivity index (χ2n) is 5.72. The zero-order chi connectivity index (χ0) is 15.0. The summed E-state index contributed by atoms with van der Waals surface area (Å²) in [6.45, 7) is 3.23. The fourth-order valence-electron chi connectivity index (χ4n) is 2.78. The molecule has 1 aliphatic rings. The molecule has 5 nitrogen and oxygen atoms in total. The van der Waals surface area contributed by atoms with Crippen LogP contribution in [0, 0.1) is 0 Å². The van der Waals surface area contributed by atoms with Crippen molar-refractivity contribution in [3.8, 4) is 0 Å². The number of pyridine rings is 1. The lowest BCUT2D eigenvalue weighted by Crippen LogP contribution is -2.29. The van der Waals surface area contributed by atoms with Crippen LogP contribution >= 0.6 is 0 Å². The summed E-state index contributed by atoms with van der Waals surface area (Å²) in [6, 6.07) is 7.47. The van der Waals surface area contributed by atoms with Crippen LogP contribution in [0.2, 0.25) is 0 Å². The van der Waals surface area contributed by atoms with E-state index in [4.69, 9.17) is 4.74 Å². The van der Waals surface area contributed by atoms with Crippen molar-refractivity contribution in [3.63, 3.8) is 0 Å². The van der Waals surface area contributed by atoms with Gasteiger partial charge in [0.1, 0.15) is 0 Å². The van der Waals surface area contributed by atoms with Crippen molar-refractivity contribution in [1.82, 2.24) is 4.98 Å². The monoisotopic (exact) mass is 286 g/mol. The van der Waals surface area contributed by atoms with Crippen molar-refractivity contribution in [2.45, 2.75) is 18.9 Å². The van der Waals surface area contributed by atoms with E-state index in [1.54, 1.807) is 12.3 Å². The van der Waals surface area contributed by atoms with Gasteiger partial charge in [0, 0.05) is 30.4 Å². The quantitative estimate of drug-likeness (QED) is 0.855. The minimum Gasteiger partial charge on any atom is -0.465 e. The van der Waals surface area contributed by atoms with Crippen molar-refractivity contribution in [2.24, 2.45) is 0 Å². The van der Waals surface area contributed by atoms with E-state index >= 15 is 0 Å². The number of rotatable bonds is 2. The number of aliphatic hydroxyl groups is 1. The summed E-state index contributed by atoms with van der Waals surface area (Å²) in [4.78, 5) is 18.3. The van der Waals surface area contributed by atoms with Gasteiger partial charge in [-0.1, -0.05) is 0 Å². The number of nitrogens with zero attached hydrogens (tertiary/aromatic N) is 2. The number of esters is 1. The van der Waals surface area contributed by atoms with E-state index in [9.17, 15) is 9.90 Å². The van der Waals surface area contributed by atoms with Crippen molar-refractivity contribution >= 4 is 22.6 Å². The number of hydrogen-bond donors (Lipinski definition) is 1. The highest BCUT2D eigenvalue weighted by molar-refractivity contribution is 6.04. The highest BCUT2D eigenvalue weighted by Gasteiger charge is 2.31. The molecule has 1 N–H and O–H groups in total. The van der Waals surface area contributed by atoms with Crippen LogP contribution in [0.5, 0.6) is 0 Å². The molecule has 0 spiro atoms. The zero-order valence-electron chi connectivity index (χ0n) is 12.2. The van der Waals surface area contributed by atoms with Gasteiger partial charge in [0.25, 0.3) is 0 Å².